The maximum Gasteiger partial charge on any atom is 0.0760 e. The molecule has 0 saturated carbocycles. The molecule has 0 aliphatic rings. The van der Waals surface area contributed by atoms with Gasteiger partial charge in [-0.3, -0.25) is 4.68 Å². The van der Waals surface area contributed by atoms with Gasteiger partial charge in [0.2, 0.25) is 0 Å². The van der Waals surface area contributed by atoms with Gasteiger partial charge in [0.05, 0.1) is 11.7 Å². The van der Waals surface area contributed by atoms with E-state index in [0.717, 1.165) is 33.7 Å². The Bertz CT molecular complexity index is 553. The van der Waals surface area contributed by atoms with Gasteiger partial charge in [0.1, 0.15) is 0 Å². The van der Waals surface area contributed by atoms with Gasteiger partial charge in [0, 0.05) is 22.2 Å². The van der Waals surface area contributed by atoms with Crippen LogP contribution in [0.1, 0.15) is 30.6 Å². The van der Waals surface area contributed by atoms with Gasteiger partial charge in [-0.15, -0.1) is 0 Å². The molecule has 3 nitrogen and oxygen atoms in total. The molecule has 1 atom stereocenters. The molecule has 5 heteroatoms. The van der Waals surface area contributed by atoms with E-state index in [-0.39, 0.29) is 6.04 Å². The van der Waals surface area contributed by atoms with E-state index in [1.54, 1.807) is 0 Å². The van der Waals surface area contributed by atoms with E-state index in [0.29, 0.717) is 0 Å². The highest BCUT2D eigenvalue weighted by Crippen LogP contribution is 2.30. The Morgan fingerprint density at radius 1 is 1.42 bits per heavy atom. The van der Waals surface area contributed by atoms with Crippen LogP contribution in [0, 0.1) is 0 Å². The molecule has 0 saturated heterocycles. The van der Waals surface area contributed by atoms with Gasteiger partial charge in [-0.2, -0.15) is 5.10 Å². The first-order chi connectivity index (χ1) is 9.17. The number of halogens is 2. The fourth-order valence-electron chi connectivity index (χ4n) is 2.19. The van der Waals surface area contributed by atoms with Crippen LogP contribution in [0.4, 0.5) is 0 Å². The number of hydrogen-bond acceptors (Lipinski definition) is 2. The van der Waals surface area contributed by atoms with Crippen molar-refractivity contribution in [3.8, 4) is 0 Å². The van der Waals surface area contributed by atoms with Crippen LogP contribution in [0.5, 0.6) is 0 Å². The minimum absolute atomic E-state index is 0.0408. The summed E-state index contributed by atoms with van der Waals surface area (Å²) >= 11 is 9.82. The largest absolute Gasteiger partial charge is 0.308 e. The summed E-state index contributed by atoms with van der Waals surface area (Å²) in [6, 6.07) is 7.98. The highest BCUT2D eigenvalue weighted by molar-refractivity contribution is 9.10. The van der Waals surface area contributed by atoms with E-state index >= 15 is 0 Å². The monoisotopic (exact) mass is 341 g/mol. The highest BCUT2D eigenvalue weighted by Gasteiger charge is 2.19. The topological polar surface area (TPSA) is 29.9 Å². The lowest BCUT2D eigenvalue weighted by molar-refractivity contribution is 0.534. The average molecular weight is 343 g/mol. The van der Waals surface area contributed by atoms with Gasteiger partial charge < -0.3 is 5.32 Å². The van der Waals surface area contributed by atoms with Crippen molar-refractivity contribution in [3.63, 3.8) is 0 Å². The van der Waals surface area contributed by atoms with Crippen LogP contribution < -0.4 is 5.32 Å². The van der Waals surface area contributed by atoms with Crippen molar-refractivity contribution in [2.75, 3.05) is 7.05 Å². The van der Waals surface area contributed by atoms with Gasteiger partial charge in [-0.1, -0.05) is 34.5 Å². The van der Waals surface area contributed by atoms with E-state index in [1.807, 2.05) is 42.2 Å². The smallest absolute Gasteiger partial charge is 0.0760 e. The van der Waals surface area contributed by atoms with Crippen LogP contribution in [0.3, 0.4) is 0 Å². The van der Waals surface area contributed by atoms with E-state index in [4.69, 9.17) is 11.6 Å². The average Bonchev–Trinajstić information content (AvgIpc) is 2.83. The molecule has 0 aliphatic heterocycles. The number of aryl methyl sites for hydroxylation is 1. The first-order valence-electron chi connectivity index (χ1n) is 6.31. The molecule has 0 fully saturated rings. The van der Waals surface area contributed by atoms with Crippen LogP contribution in [0.2, 0.25) is 5.02 Å². The van der Waals surface area contributed by atoms with Crippen molar-refractivity contribution < 1.29 is 0 Å². The fraction of sp³-hybridized carbons (Fsp3) is 0.357. The van der Waals surface area contributed by atoms with Crippen molar-refractivity contribution in [1.29, 1.82) is 0 Å². The Kier molecular flexibility index (Phi) is 5.02. The Morgan fingerprint density at radius 2 is 2.21 bits per heavy atom. The third kappa shape index (κ3) is 3.19. The first kappa shape index (κ1) is 14.6. The van der Waals surface area contributed by atoms with Gasteiger partial charge in [-0.25, -0.2) is 0 Å². The maximum absolute atomic E-state index is 6.33. The summed E-state index contributed by atoms with van der Waals surface area (Å²) in [6.07, 6.45) is 2.89. The van der Waals surface area contributed by atoms with Crippen molar-refractivity contribution in [2.24, 2.45) is 0 Å². The fourth-order valence-corrected chi connectivity index (χ4v) is 2.79. The normalized spacial score (nSPS) is 12.6. The molecule has 1 unspecified atom stereocenters. The quantitative estimate of drug-likeness (QED) is 0.889. The number of rotatable bonds is 5. The van der Waals surface area contributed by atoms with Crippen LogP contribution in [-0.4, -0.2) is 16.8 Å². The standard InChI is InChI=1S/C14H17BrClN3/c1-3-8-19-13(6-7-18-19)14(17-2)11-9-10(15)4-5-12(11)16/h4-7,9,14,17H,3,8H2,1-2H3. The van der Waals surface area contributed by atoms with E-state index in [2.05, 4.69) is 33.3 Å². The van der Waals surface area contributed by atoms with Gasteiger partial charge in [-0.05, 0) is 43.3 Å². The van der Waals surface area contributed by atoms with Crippen LogP contribution in [0.25, 0.3) is 0 Å². The molecule has 1 aromatic carbocycles. The molecule has 19 heavy (non-hydrogen) atoms. The summed E-state index contributed by atoms with van der Waals surface area (Å²) in [5.41, 5.74) is 2.18. The molecular weight excluding hydrogens is 326 g/mol. The number of hydrogen-bond donors (Lipinski definition) is 1. The van der Waals surface area contributed by atoms with E-state index < -0.39 is 0 Å². The second kappa shape index (κ2) is 6.55. The summed E-state index contributed by atoms with van der Waals surface area (Å²) in [7, 11) is 1.94. The maximum atomic E-state index is 6.33. The SMILES string of the molecule is CCCn1nccc1C(NC)c1cc(Br)ccc1Cl. The van der Waals surface area contributed by atoms with Crippen molar-refractivity contribution in [3.05, 3.63) is 51.2 Å². The molecule has 2 rings (SSSR count). The number of benzene rings is 1. The minimum Gasteiger partial charge on any atom is -0.308 e. The Labute approximate surface area is 127 Å². The van der Waals surface area contributed by atoms with Gasteiger partial charge in [0.25, 0.3) is 0 Å². The van der Waals surface area contributed by atoms with Crippen LogP contribution in [-0.2, 0) is 6.54 Å². The molecule has 1 heterocycles. The molecule has 1 N–H and O–H groups in total. The Morgan fingerprint density at radius 3 is 2.89 bits per heavy atom. The molecule has 1 aromatic heterocycles. The number of nitrogens with zero attached hydrogens (tertiary/aromatic N) is 2. The molecule has 2 aromatic rings. The summed E-state index contributed by atoms with van der Waals surface area (Å²) in [5.74, 6) is 0. The zero-order valence-electron chi connectivity index (χ0n) is 11.0. The lowest BCUT2D eigenvalue weighted by Crippen LogP contribution is -2.22. The summed E-state index contributed by atoms with van der Waals surface area (Å²) in [4.78, 5) is 0. The molecule has 0 bridgehead atoms. The van der Waals surface area contributed by atoms with E-state index in [1.165, 1.54) is 0 Å². The van der Waals surface area contributed by atoms with E-state index in [9.17, 15) is 0 Å². The van der Waals surface area contributed by atoms with Crippen molar-refractivity contribution >= 4 is 27.5 Å². The molecule has 0 radical (unpaired) electrons. The predicted molar refractivity (Wildman–Crippen MR) is 82.6 cm³/mol. The van der Waals surface area contributed by atoms with Crippen molar-refractivity contribution in [1.82, 2.24) is 15.1 Å². The minimum atomic E-state index is 0.0408. The van der Waals surface area contributed by atoms with Crippen molar-refractivity contribution in [2.45, 2.75) is 25.9 Å². The molecular formula is C14H17BrClN3. The van der Waals surface area contributed by atoms with Crippen LogP contribution >= 0.6 is 27.5 Å². The summed E-state index contributed by atoms with van der Waals surface area (Å²) < 4.78 is 3.05. The van der Waals surface area contributed by atoms with Crippen LogP contribution in [0.15, 0.2) is 34.9 Å². The Hall–Kier alpha value is -0.840. The third-order valence-electron chi connectivity index (χ3n) is 3.04. The van der Waals surface area contributed by atoms with Gasteiger partial charge in [0.15, 0.2) is 0 Å². The second-order valence-corrected chi connectivity index (χ2v) is 5.69. The predicted octanol–water partition coefficient (Wildman–Crippen LogP) is 4.02. The second-order valence-electron chi connectivity index (χ2n) is 4.37. The number of aromatic nitrogens is 2. The molecule has 0 spiro atoms. The Balaban J connectivity index is 2.44. The van der Waals surface area contributed by atoms with Gasteiger partial charge >= 0.3 is 0 Å². The molecule has 102 valence electrons. The first-order valence-corrected chi connectivity index (χ1v) is 7.48. The summed E-state index contributed by atoms with van der Waals surface area (Å²) in [6.45, 7) is 3.05. The number of nitrogens with one attached hydrogen (secondary N) is 1. The zero-order valence-corrected chi connectivity index (χ0v) is 13.4. The lowest BCUT2D eigenvalue weighted by atomic mass is 10.0. The highest BCUT2D eigenvalue weighted by atomic mass is 79.9. The molecule has 0 amide bonds. The third-order valence-corrected chi connectivity index (χ3v) is 3.88. The molecule has 0 aliphatic carbocycles. The zero-order chi connectivity index (χ0) is 13.8. The lowest BCUT2D eigenvalue weighted by Gasteiger charge is -2.20. The summed E-state index contributed by atoms with van der Waals surface area (Å²) in [5, 5.41) is 8.45.